The van der Waals surface area contributed by atoms with Gasteiger partial charge in [0.05, 0.1) is 31.6 Å². The number of rotatable bonds is 6. The van der Waals surface area contributed by atoms with E-state index in [1.54, 1.807) is 0 Å². The van der Waals surface area contributed by atoms with Crippen molar-refractivity contribution in [3.8, 4) is 0 Å². The Morgan fingerprint density at radius 3 is 2.71 bits per heavy atom. The molecule has 1 atom stereocenters. The van der Waals surface area contributed by atoms with Gasteiger partial charge in [0.15, 0.2) is 0 Å². The highest BCUT2D eigenvalue weighted by Gasteiger charge is 2.29. The van der Waals surface area contributed by atoms with Crippen LogP contribution in [-0.4, -0.2) is 63.2 Å². The molecule has 0 amide bonds. The zero-order valence-corrected chi connectivity index (χ0v) is 13.7. The molecule has 120 valence electrons. The minimum Gasteiger partial charge on any atom is -0.466 e. The average Bonchev–Trinajstić information content (AvgIpc) is 2.74. The minimum absolute atomic E-state index is 0.167. The van der Waals surface area contributed by atoms with Gasteiger partial charge in [0.25, 0.3) is 0 Å². The molecular formula is C15H27N3O3. The summed E-state index contributed by atoms with van der Waals surface area (Å²) in [5.74, 6) is -0.337. The molecule has 1 saturated heterocycles. The molecule has 21 heavy (non-hydrogen) atoms. The Kier molecular flexibility index (Phi) is 6.36. The van der Waals surface area contributed by atoms with Gasteiger partial charge >= 0.3 is 5.97 Å². The highest BCUT2D eigenvalue weighted by molar-refractivity contribution is 5.89. The topological polar surface area (TPSA) is 63.2 Å². The van der Waals surface area contributed by atoms with Gasteiger partial charge in [0.1, 0.15) is 0 Å². The molecule has 0 aromatic heterocycles. The third kappa shape index (κ3) is 5.47. The normalized spacial score (nSPS) is 21.4. The van der Waals surface area contributed by atoms with Gasteiger partial charge in [0, 0.05) is 31.8 Å². The van der Waals surface area contributed by atoms with Crippen molar-refractivity contribution in [3.63, 3.8) is 0 Å². The van der Waals surface area contributed by atoms with Crippen LogP contribution in [0.1, 0.15) is 27.2 Å². The van der Waals surface area contributed by atoms with Crippen LogP contribution in [-0.2, 0) is 14.3 Å². The van der Waals surface area contributed by atoms with E-state index in [0.717, 1.165) is 18.7 Å². The highest BCUT2D eigenvalue weighted by atomic mass is 16.5. The van der Waals surface area contributed by atoms with Crippen molar-refractivity contribution in [3.05, 3.63) is 11.3 Å². The number of methoxy groups -OCH3 is 1. The maximum Gasteiger partial charge on any atom is 0.337 e. The first-order valence-corrected chi connectivity index (χ1v) is 7.09. The predicted octanol–water partition coefficient (Wildman–Crippen LogP) is 1.18. The molecule has 0 aromatic rings. The van der Waals surface area contributed by atoms with Crippen LogP contribution in [0.4, 0.5) is 0 Å². The Balaban J connectivity index is 2.69. The maximum absolute atomic E-state index is 11.8. The predicted molar refractivity (Wildman–Crippen MR) is 83.3 cm³/mol. The quantitative estimate of drug-likeness (QED) is 0.345. The highest BCUT2D eigenvalue weighted by Crippen LogP contribution is 2.24. The zero-order chi connectivity index (χ0) is 16.0. The van der Waals surface area contributed by atoms with Crippen molar-refractivity contribution < 1.29 is 14.3 Å². The number of ether oxygens (including phenoxy) is 2. The second-order valence-corrected chi connectivity index (χ2v) is 6.19. The van der Waals surface area contributed by atoms with Crippen LogP contribution in [0.25, 0.3) is 0 Å². The molecule has 0 spiro atoms. The van der Waals surface area contributed by atoms with E-state index in [-0.39, 0.29) is 24.2 Å². The standard InChI is InChI=1S/C15H27N3O3/c1-15(2,3)21-10-17-11-7-13(18(5)9-11)12(8-16-4)14(19)20-6/h11,17H,4,7-10H2,1-3,5-6H3/b13-12+. The Labute approximate surface area is 127 Å². The Morgan fingerprint density at radius 1 is 1.52 bits per heavy atom. The van der Waals surface area contributed by atoms with E-state index in [4.69, 9.17) is 9.47 Å². The third-order valence-electron chi connectivity index (χ3n) is 3.32. The first-order valence-electron chi connectivity index (χ1n) is 7.09. The number of carbonyl (C=O) groups excluding carboxylic acids is 1. The molecule has 6 nitrogen and oxygen atoms in total. The van der Waals surface area contributed by atoms with Crippen LogP contribution in [0.5, 0.6) is 0 Å². The number of carbonyl (C=O) groups is 1. The first kappa shape index (κ1) is 17.7. The molecule has 1 N–H and O–H groups in total. The Morgan fingerprint density at radius 2 is 2.19 bits per heavy atom. The fraction of sp³-hybridized carbons (Fsp3) is 0.733. The number of hydrogen-bond donors (Lipinski definition) is 1. The van der Waals surface area contributed by atoms with Gasteiger partial charge in [-0.3, -0.25) is 10.3 Å². The Bertz CT molecular complexity index is 413. The van der Waals surface area contributed by atoms with Gasteiger partial charge in [-0.05, 0) is 27.5 Å². The number of nitrogens with zero attached hydrogens (tertiary/aromatic N) is 2. The van der Waals surface area contributed by atoms with Crippen molar-refractivity contribution in [2.75, 3.05) is 34.0 Å². The molecule has 0 aliphatic carbocycles. The molecule has 6 heteroatoms. The molecule has 1 aliphatic rings. The van der Waals surface area contributed by atoms with E-state index in [0.29, 0.717) is 12.3 Å². The molecule has 1 fully saturated rings. The molecular weight excluding hydrogens is 270 g/mol. The first-order chi connectivity index (χ1) is 9.78. The summed E-state index contributed by atoms with van der Waals surface area (Å²) in [7, 11) is 3.35. The lowest BCUT2D eigenvalue weighted by atomic mass is 10.1. The second-order valence-electron chi connectivity index (χ2n) is 6.19. The van der Waals surface area contributed by atoms with Gasteiger partial charge in [-0.25, -0.2) is 4.79 Å². The summed E-state index contributed by atoms with van der Waals surface area (Å²) in [4.78, 5) is 17.7. The van der Waals surface area contributed by atoms with Crippen molar-refractivity contribution in [1.29, 1.82) is 0 Å². The number of esters is 1. The lowest BCUT2D eigenvalue weighted by Crippen LogP contribution is -2.36. The Hall–Kier alpha value is -1.40. The molecule has 0 bridgehead atoms. The smallest absolute Gasteiger partial charge is 0.337 e. The number of likely N-dealkylation sites (tertiary alicyclic amines) is 1. The summed E-state index contributed by atoms with van der Waals surface area (Å²) in [6.45, 7) is 11.1. The summed E-state index contributed by atoms with van der Waals surface area (Å²) in [6.07, 6.45) is 0.754. The number of likely N-dealkylation sites (N-methyl/N-ethyl adjacent to an activating group) is 1. The van der Waals surface area contributed by atoms with Crippen LogP contribution >= 0.6 is 0 Å². The van der Waals surface area contributed by atoms with Gasteiger partial charge in [-0.1, -0.05) is 0 Å². The summed E-state index contributed by atoms with van der Waals surface area (Å²) < 4.78 is 10.5. The van der Waals surface area contributed by atoms with Crippen LogP contribution in [0.15, 0.2) is 16.3 Å². The molecule has 1 aliphatic heterocycles. The molecule has 1 unspecified atom stereocenters. The SMILES string of the molecule is C=NC/C(C(=O)OC)=C1/CC(NCOC(C)(C)C)CN1C. The number of hydrogen-bond acceptors (Lipinski definition) is 6. The van der Waals surface area contributed by atoms with E-state index < -0.39 is 0 Å². The van der Waals surface area contributed by atoms with E-state index in [1.807, 2.05) is 27.8 Å². The van der Waals surface area contributed by atoms with Crippen LogP contribution in [0.2, 0.25) is 0 Å². The molecule has 0 radical (unpaired) electrons. The number of nitrogens with one attached hydrogen (secondary N) is 1. The van der Waals surface area contributed by atoms with Crippen LogP contribution in [0.3, 0.4) is 0 Å². The van der Waals surface area contributed by atoms with Crippen molar-refractivity contribution >= 4 is 12.7 Å². The average molecular weight is 297 g/mol. The molecule has 1 rings (SSSR count). The molecule has 0 aromatic carbocycles. The third-order valence-corrected chi connectivity index (χ3v) is 3.32. The molecule has 1 heterocycles. The van der Waals surface area contributed by atoms with E-state index in [2.05, 4.69) is 21.9 Å². The lowest BCUT2D eigenvalue weighted by molar-refractivity contribution is -0.136. The largest absolute Gasteiger partial charge is 0.466 e. The second kappa shape index (κ2) is 7.56. The van der Waals surface area contributed by atoms with Crippen molar-refractivity contribution in [1.82, 2.24) is 10.2 Å². The minimum atomic E-state index is -0.337. The lowest BCUT2D eigenvalue weighted by Gasteiger charge is -2.21. The van der Waals surface area contributed by atoms with Crippen LogP contribution in [0, 0.1) is 0 Å². The fourth-order valence-electron chi connectivity index (χ4n) is 2.27. The molecule has 0 saturated carbocycles. The van der Waals surface area contributed by atoms with Gasteiger partial charge in [-0.2, -0.15) is 0 Å². The fourth-order valence-corrected chi connectivity index (χ4v) is 2.27. The summed E-state index contributed by atoms with van der Waals surface area (Å²) in [6, 6.07) is 0.247. The zero-order valence-electron chi connectivity index (χ0n) is 13.7. The van der Waals surface area contributed by atoms with Crippen LogP contribution < -0.4 is 5.32 Å². The van der Waals surface area contributed by atoms with E-state index >= 15 is 0 Å². The van der Waals surface area contributed by atoms with Crippen molar-refractivity contribution in [2.45, 2.75) is 38.8 Å². The van der Waals surface area contributed by atoms with E-state index in [9.17, 15) is 4.79 Å². The van der Waals surface area contributed by atoms with Gasteiger partial charge < -0.3 is 14.4 Å². The number of aliphatic imine (C=N–C) groups is 1. The summed E-state index contributed by atoms with van der Waals surface area (Å²) in [5, 5.41) is 3.36. The van der Waals surface area contributed by atoms with Gasteiger partial charge in [0.2, 0.25) is 0 Å². The van der Waals surface area contributed by atoms with Gasteiger partial charge in [-0.15, -0.1) is 0 Å². The van der Waals surface area contributed by atoms with Crippen molar-refractivity contribution in [2.24, 2.45) is 4.99 Å². The summed E-state index contributed by atoms with van der Waals surface area (Å²) >= 11 is 0. The van der Waals surface area contributed by atoms with E-state index in [1.165, 1.54) is 7.11 Å². The maximum atomic E-state index is 11.8. The monoisotopic (exact) mass is 297 g/mol. The summed E-state index contributed by atoms with van der Waals surface area (Å²) in [5.41, 5.74) is 1.37.